The van der Waals surface area contributed by atoms with Gasteiger partial charge in [0.1, 0.15) is 23.4 Å². The summed E-state index contributed by atoms with van der Waals surface area (Å²) in [5.41, 5.74) is 4.32. The van der Waals surface area contributed by atoms with Crippen LogP contribution in [-0.2, 0) is 0 Å². The van der Waals surface area contributed by atoms with Gasteiger partial charge < -0.3 is 5.32 Å². The fraction of sp³-hybridized carbons (Fsp3) is 0.269. The summed E-state index contributed by atoms with van der Waals surface area (Å²) in [5.74, 6) is -1.22. The first kappa shape index (κ1) is 26.8. The number of benzene rings is 2. The molecule has 0 aliphatic heterocycles. The van der Waals surface area contributed by atoms with Crippen LogP contribution in [0.4, 0.5) is 8.78 Å². The van der Waals surface area contributed by atoms with Crippen molar-refractivity contribution in [3.63, 3.8) is 0 Å². The first-order valence-corrected chi connectivity index (χ1v) is 10.2. The maximum absolute atomic E-state index is 13.8. The minimum Gasteiger partial charge on any atom is -0.379 e. The smallest absolute Gasteiger partial charge is 0.133 e. The van der Waals surface area contributed by atoms with Crippen molar-refractivity contribution in [2.45, 2.75) is 41.0 Å². The lowest BCUT2D eigenvalue weighted by atomic mass is 9.96. The number of allylic oxidation sites excluding steroid dienone is 2. The van der Waals surface area contributed by atoms with Crippen LogP contribution in [0.5, 0.6) is 0 Å². The molecule has 160 valence electrons. The van der Waals surface area contributed by atoms with E-state index in [4.69, 9.17) is 0 Å². The van der Waals surface area contributed by atoms with Gasteiger partial charge in [-0.1, -0.05) is 59.4 Å². The quantitative estimate of drug-likeness (QED) is 0.391. The highest BCUT2D eigenvalue weighted by Gasteiger charge is 2.08. The summed E-state index contributed by atoms with van der Waals surface area (Å²) < 4.78 is 26.8. The van der Waals surface area contributed by atoms with Gasteiger partial charge in [-0.3, -0.25) is 0 Å². The molecule has 0 amide bonds. The average molecular weight is 411 g/mol. The van der Waals surface area contributed by atoms with Crippen LogP contribution in [0, 0.1) is 23.0 Å². The van der Waals surface area contributed by atoms with Gasteiger partial charge in [0.05, 0.1) is 0 Å². The number of nitrogens with one attached hydrogen (secondary N) is 1. The zero-order valence-electron chi connectivity index (χ0n) is 18.8. The average Bonchev–Trinajstić information content (AvgIpc) is 2.79. The van der Waals surface area contributed by atoms with Crippen molar-refractivity contribution in [3.05, 3.63) is 82.6 Å². The summed E-state index contributed by atoms with van der Waals surface area (Å²) in [6.07, 6.45) is 5.75. The predicted octanol–water partition coefficient (Wildman–Crippen LogP) is 7.69. The summed E-state index contributed by atoms with van der Waals surface area (Å²) >= 11 is 0. The second kappa shape index (κ2) is 14.8. The Morgan fingerprint density at radius 3 is 2.17 bits per heavy atom. The summed E-state index contributed by atoms with van der Waals surface area (Å²) in [6, 6.07) is 11.4. The molecule has 0 aliphatic carbocycles. The molecule has 2 aromatic rings. The Hall–Kier alpha value is -3.19. The third-order valence-electron chi connectivity index (χ3n) is 4.00. The van der Waals surface area contributed by atoms with E-state index in [9.17, 15) is 14.0 Å². The molecule has 0 saturated heterocycles. The topological polar surface area (TPSA) is 35.8 Å². The van der Waals surface area contributed by atoms with E-state index in [1.165, 1.54) is 12.1 Å². The first-order chi connectivity index (χ1) is 14.5. The SMILES string of the molecule is C=Cc1cc(/C=C/c2ccc(F)cc2F)cc(/C(CC)=C(\C#N)NC)c1.CC.CC. The van der Waals surface area contributed by atoms with Crippen LogP contribution in [0.3, 0.4) is 0 Å². The predicted molar refractivity (Wildman–Crippen MR) is 126 cm³/mol. The Morgan fingerprint density at radius 1 is 1.03 bits per heavy atom. The largest absolute Gasteiger partial charge is 0.379 e. The normalized spacial score (nSPS) is 10.6. The second-order valence-corrected chi connectivity index (χ2v) is 5.66. The van der Waals surface area contributed by atoms with E-state index in [1.54, 1.807) is 25.3 Å². The molecular formula is C26H32F2N2. The molecule has 4 heteroatoms. The second-order valence-electron chi connectivity index (χ2n) is 5.66. The van der Waals surface area contributed by atoms with E-state index < -0.39 is 11.6 Å². The van der Waals surface area contributed by atoms with Crippen LogP contribution in [0.2, 0.25) is 0 Å². The summed E-state index contributed by atoms with van der Waals surface area (Å²) in [7, 11) is 1.71. The molecule has 0 fully saturated rings. The van der Waals surface area contributed by atoms with E-state index >= 15 is 0 Å². The third kappa shape index (κ3) is 7.67. The molecule has 2 aromatic carbocycles. The van der Waals surface area contributed by atoms with Gasteiger partial charge in [-0.2, -0.15) is 5.26 Å². The van der Waals surface area contributed by atoms with Gasteiger partial charge in [-0.15, -0.1) is 0 Å². The molecule has 0 atom stereocenters. The summed E-state index contributed by atoms with van der Waals surface area (Å²) in [4.78, 5) is 0. The molecule has 0 radical (unpaired) electrons. The van der Waals surface area contributed by atoms with Crippen LogP contribution in [0.1, 0.15) is 63.3 Å². The van der Waals surface area contributed by atoms with Crippen molar-refractivity contribution in [2.75, 3.05) is 7.05 Å². The Balaban J connectivity index is 0.00000198. The van der Waals surface area contributed by atoms with E-state index in [1.807, 2.05) is 52.8 Å². The number of halogens is 2. The van der Waals surface area contributed by atoms with Gasteiger partial charge in [-0.05, 0) is 59.0 Å². The summed E-state index contributed by atoms with van der Waals surface area (Å²) in [5, 5.41) is 12.2. The van der Waals surface area contributed by atoms with Gasteiger partial charge >= 0.3 is 0 Å². The van der Waals surface area contributed by atoms with Crippen molar-refractivity contribution in [1.82, 2.24) is 5.32 Å². The highest BCUT2D eigenvalue weighted by molar-refractivity contribution is 5.78. The molecule has 2 nitrogen and oxygen atoms in total. The summed E-state index contributed by atoms with van der Waals surface area (Å²) in [6.45, 7) is 13.8. The van der Waals surface area contributed by atoms with Gasteiger partial charge in [-0.25, -0.2) is 8.78 Å². The number of hydrogen-bond acceptors (Lipinski definition) is 2. The van der Waals surface area contributed by atoms with Crippen LogP contribution in [-0.4, -0.2) is 7.05 Å². The minimum absolute atomic E-state index is 0.302. The number of nitriles is 1. The van der Waals surface area contributed by atoms with Crippen LogP contribution in [0.15, 0.2) is 48.7 Å². The molecule has 0 unspecified atom stereocenters. The highest BCUT2D eigenvalue weighted by atomic mass is 19.1. The molecule has 30 heavy (non-hydrogen) atoms. The van der Waals surface area contributed by atoms with Crippen LogP contribution < -0.4 is 5.32 Å². The fourth-order valence-corrected chi connectivity index (χ4v) is 2.69. The van der Waals surface area contributed by atoms with Gasteiger partial charge in [0, 0.05) is 18.7 Å². The number of nitrogens with zero attached hydrogens (tertiary/aromatic N) is 1. The molecule has 0 spiro atoms. The molecular weight excluding hydrogens is 378 g/mol. The zero-order valence-corrected chi connectivity index (χ0v) is 18.8. The minimum atomic E-state index is -0.613. The molecule has 0 aromatic heterocycles. The maximum atomic E-state index is 13.8. The fourth-order valence-electron chi connectivity index (χ4n) is 2.69. The Labute approximate surface area is 180 Å². The van der Waals surface area contributed by atoms with E-state index in [2.05, 4.69) is 18.0 Å². The van der Waals surface area contributed by atoms with Crippen molar-refractivity contribution in [2.24, 2.45) is 0 Å². The van der Waals surface area contributed by atoms with E-state index in [-0.39, 0.29) is 0 Å². The van der Waals surface area contributed by atoms with E-state index in [0.29, 0.717) is 17.7 Å². The van der Waals surface area contributed by atoms with Crippen molar-refractivity contribution >= 4 is 23.8 Å². The maximum Gasteiger partial charge on any atom is 0.133 e. The van der Waals surface area contributed by atoms with Crippen molar-refractivity contribution in [3.8, 4) is 6.07 Å². The van der Waals surface area contributed by atoms with Crippen molar-refractivity contribution < 1.29 is 8.78 Å². The lowest BCUT2D eigenvalue weighted by molar-refractivity contribution is 0.581. The monoisotopic (exact) mass is 410 g/mol. The highest BCUT2D eigenvalue weighted by Crippen LogP contribution is 2.25. The molecule has 0 saturated carbocycles. The first-order valence-electron chi connectivity index (χ1n) is 10.2. The molecule has 1 N–H and O–H groups in total. The Kier molecular flexibility index (Phi) is 13.2. The van der Waals surface area contributed by atoms with E-state index in [0.717, 1.165) is 28.3 Å². The molecule has 0 bridgehead atoms. The molecule has 0 aliphatic rings. The van der Waals surface area contributed by atoms with Gasteiger partial charge in [0.25, 0.3) is 0 Å². The molecule has 0 heterocycles. The lowest BCUT2D eigenvalue weighted by Crippen LogP contribution is -2.07. The Bertz CT molecular complexity index is 919. The lowest BCUT2D eigenvalue weighted by Gasteiger charge is -2.11. The number of hydrogen-bond donors (Lipinski definition) is 1. The van der Waals surface area contributed by atoms with Gasteiger partial charge in [0.2, 0.25) is 0 Å². The van der Waals surface area contributed by atoms with Gasteiger partial charge in [0.15, 0.2) is 0 Å². The molecule has 2 rings (SSSR count). The van der Waals surface area contributed by atoms with Crippen LogP contribution >= 0.6 is 0 Å². The standard InChI is InChI=1S/C22H20F2N2.2C2H6/c1-4-15-10-16(6-7-17-8-9-19(23)13-21(17)24)12-18(11-15)20(5-2)22(14-25)26-3;2*1-2/h4,6-13,26H,1,5H2,2-3H3;2*1-2H3/b7-6+,22-20+;;. The third-order valence-corrected chi connectivity index (χ3v) is 4.00. The van der Waals surface area contributed by atoms with Crippen molar-refractivity contribution in [1.29, 1.82) is 5.26 Å². The number of rotatable bonds is 6. The van der Waals surface area contributed by atoms with Crippen LogP contribution in [0.25, 0.3) is 23.8 Å². The zero-order chi connectivity index (χ0) is 23.1. The Morgan fingerprint density at radius 2 is 1.67 bits per heavy atom.